The van der Waals surface area contributed by atoms with Gasteiger partial charge in [0, 0.05) is 25.0 Å². The van der Waals surface area contributed by atoms with E-state index in [4.69, 9.17) is 4.74 Å². The zero-order valence-corrected chi connectivity index (χ0v) is 16.1. The van der Waals surface area contributed by atoms with E-state index >= 15 is 0 Å². The molecule has 6 nitrogen and oxygen atoms in total. The second-order valence-corrected chi connectivity index (χ2v) is 9.14. The molecule has 0 aromatic heterocycles. The molecule has 0 spiro atoms. The average Bonchev–Trinajstić information content (AvgIpc) is 2.69. The summed E-state index contributed by atoms with van der Waals surface area (Å²) in [6.07, 6.45) is 6.79. The van der Waals surface area contributed by atoms with Crippen LogP contribution in [0.1, 0.15) is 44.9 Å². The second-order valence-electron chi connectivity index (χ2n) is 7.20. The lowest BCUT2D eigenvalue weighted by Crippen LogP contribution is -2.48. The number of amides is 1. The fourth-order valence-corrected chi connectivity index (χ4v) is 5.29. The number of carbonyl (C=O) groups is 1. The van der Waals surface area contributed by atoms with Crippen LogP contribution in [0, 0.1) is 5.92 Å². The number of hydrogen-bond donors (Lipinski definition) is 1. The van der Waals surface area contributed by atoms with Gasteiger partial charge in [0.25, 0.3) is 0 Å². The van der Waals surface area contributed by atoms with Crippen molar-refractivity contribution in [2.75, 3.05) is 20.2 Å². The van der Waals surface area contributed by atoms with Crippen molar-refractivity contribution in [3.8, 4) is 5.75 Å². The van der Waals surface area contributed by atoms with Crippen molar-refractivity contribution in [1.82, 2.24) is 9.62 Å². The highest BCUT2D eigenvalue weighted by Gasteiger charge is 2.31. The smallest absolute Gasteiger partial charge is 0.243 e. The normalized spacial score (nSPS) is 20.7. The summed E-state index contributed by atoms with van der Waals surface area (Å²) in [6, 6.07) is 6.54. The Bertz CT molecular complexity index is 704. The van der Waals surface area contributed by atoms with Gasteiger partial charge in [-0.05, 0) is 49.9 Å². The monoisotopic (exact) mass is 380 g/mol. The molecular formula is C19H28N2O4S. The van der Waals surface area contributed by atoms with Crippen LogP contribution in [0.4, 0.5) is 0 Å². The van der Waals surface area contributed by atoms with Gasteiger partial charge in [0.05, 0.1) is 12.0 Å². The number of benzene rings is 1. The molecule has 1 saturated carbocycles. The molecule has 144 valence electrons. The molecule has 1 aromatic carbocycles. The molecule has 7 heteroatoms. The third kappa shape index (κ3) is 4.38. The first-order chi connectivity index (χ1) is 12.5. The maximum absolute atomic E-state index is 12.8. The standard InChI is InChI=1S/C19H28N2O4S/c1-25-17-7-9-18(10-8-17)26(23,24)21-13-11-16(12-14-21)20-19(22)15-5-3-2-4-6-15/h7-10,15-16H,2-6,11-14H2,1H3,(H,20,22). The molecule has 1 amide bonds. The molecule has 1 heterocycles. The maximum Gasteiger partial charge on any atom is 0.243 e. The molecule has 0 radical (unpaired) electrons. The van der Waals surface area contributed by atoms with Gasteiger partial charge in [-0.2, -0.15) is 4.31 Å². The van der Waals surface area contributed by atoms with Crippen molar-refractivity contribution in [2.45, 2.75) is 55.9 Å². The summed E-state index contributed by atoms with van der Waals surface area (Å²) in [6.45, 7) is 0.869. The lowest BCUT2D eigenvalue weighted by Gasteiger charge is -2.32. The third-order valence-corrected chi connectivity index (χ3v) is 7.39. The predicted molar refractivity (Wildman–Crippen MR) is 99.5 cm³/mol. The number of piperidine rings is 1. The van der Waals surface area contributed by atoms with Crippen LogP contribution in [0.5, 0.6) is 5.75 Å². The number of ether oxygens (including phenoxy) is 1. The summed E-state index contributed by atoms with van der Waals surface area (Å²) >= 11 is 0. The van der Waals surface area contributed by atoms with Crippen molar-refractivity contribution in [3.63, 3.8) is 0 Å². The summed E-state index contributed by atoms with van der Waals surface area (Å²) in [7, 11) is -1.94. The van der Waals surface area contributed by atoms with Crippen molar-refractivity contribution in [1.29, 1.82) is 0 Å². The number of nitrogens with one attached hydrogen (secondary N) is 1. The number of hydrogen-bond acceptors (Lipinski definition) is 4. The minimum atomic E-state index is -3.49. The Hall–Kier alpha value is -1.60. The highest BCUT2D eigenvalue weighted by Crippen LogP contribution is 2.25. The van der Waals surface area contributed by atoms with Crippen molar-refractivity contribution in [2.24, 2.45) is 5.92 Å². The van der Waals surface area contributed by atoms with Crippen molar-refractivity contribution >= 4 is 15.9 Å². The summed E-state index contributed by atoms with van der Waals surface area (Å²) < 4.78 is 32.1. The van der Waals surface area contributed by atoms with Crippen molar-refractivity contribution < 1.29 is 17.9 Å². The maximum atomic E-state index is 12.8. The Morgan fingerprint density at radius 2 is 1.65 bits per heavy atom. The first-order valence-electron chi connectivity index (χ1n) is 9.45. The summed E-state index contributed by atoms with van der Waals surface area (Å²) in [5, 5.41) is 3.14. The quantitative estimate of drug-likeness (QED) is 0.852. The largest absolute Gasteiger partial charge is 0.497 e. The van der Waals surface area contributed by atoms with E-state index in [-0.39, 0.29) is 22.8 Å². The van der Waals surface area contributed by atoms with Gasteiger partial charge in [0.1, 0.15) is 5.75 Å². The topological polar surface area (TPSA) is 75.7 Å². The number of nitrogens with zero attached hydrogens (tertiary/aromatic N) is 1. The van der Waals surface area contributed by atoms with Crippen LogP contribution >= 0.6 is 0 Å². The minimum Gasteiger partial charge on any atom is -0.497 e. The molecule has 1 N–H and O–H groups in total. The molecule has 0 atom stereocenters. The van der Waals surface area contributed by atoms with Gasteiger partial charge in [0.15, 0.2) is 0 Å². The molecule has 1 aliphatic carbocycles. The van der Waals surface area contributed by atoms with E-state index in [1.165, 1.54) is 10.7 Å². The molecule has 3 rings (SSSR count). The van der Waals surface area contributed by atoms with Crippen LogP contribution in [0.3, 0.4) is 0 Å². The molecule has 2 fully saturated rings. The fraction of sp³-hybridized carbons (Fsp3) is 0.632. The molecule has 1 aliphatic heterocycles. The first kappa shape index (κ1) is 19.2. The van der Waals surface area contributed by atoms with Crippen LogP contribution in [0.25, 0.3) is 0 Å². The van der Waals surface area contributed by atoms with E-state index in [1.54, 1.807) is 31.4 Å². The Balaban J connectivity index is 1.54. The zero-order valence-electron chi connectivity index (χ0n) is 15.3. The van der Waals surface area contributed by atoms with E-state index in [0.29, 0.717) is 31.7 Å². The number of carbonyl (C=O) groups excluding carboxylic acids is 1. The van der Waals surface area contributed by atoms with Crippen LogP contribution in [0.15, 0.2) is 29.2 Å². The summed E-state index contributed by atoms with van der Waals surface area (Å²) in [4.78, 5) is 12.7. The Kier molecular flexibility index (Phi) is 6.19. The molecular weight excluding hydrogens is 352 g/mol. The van der Waals surface area contributed by atoms with Crippen molar-refractivity contribution in [3.05, 3.63) is 24.3 Å². The SMILES string of the molecule is COc1ccc(S(=O)(=O)N2CCC(NC(=O)C3CCCCC3)CC2)cc1. The van der Waals surface area contributed by atoms with Crippen LogP contribution < -0.4 is 10.1 Å². The summed E-state index contributed by atoms with van der Waals surface area (Å²) in [5.74, 6) is 0.930. The average molecular weight is 381 g/mol. The molecule has 1 saturated heterocycles. The Morgan fingerprint density at radius 1 is 1.04 bits per heavy atom. The Morgan fingerprint density at radius 3 is 2.23 bits per heavy atom. The van der Waals surface area contributed by atoms with Crippen LogP contribution in [-0.2, 0) is 14.8 Å². The van der Waals surface area contributed by atoms with E-state index in [9.17, 15) is 13.2 Å². The highest BCUT2D eigenvalue weighted by atomic mass is 32.2. The molecule has 0 bridgehead atoms. The van der Waals surface area contributed by atoms with E-state index in [0.717, 1.165) is 25.7 Å². The molecule has 2 aliphatic rings. The van der Waals surface area contributed by atoms with Gasteiger partial charge < -0.3 is 10.1 Å². The predicted octanol–water partition coefficient (Wildman–Crippen LogP) is 2.54. The van der Waals surface area contributed by atoms with Gasteiger partial charge in [-0.25, -0.2) is 8.42 Å². The van der Waals surface area contributed by atoms with Gasteiger partial charge in [-0.3, -0.25) is 4.79 Å². The lowest BCUT2D eigenvalue weighted by molar-refractivity contribution is -0.126. The van der Waals surface area contributed by atoms with E-state index in [2.05, 4.69) is 5.32 Å². The van der Waals surface area contributed by atoms with Gasteiger partial charge in [-0.1, -0.05) is 19.3 Å². The molecule has 1 aromatic rings. The fourth-order valence-electron chi connectivity index (χ4n) is 3.82. The molecule has 26 heavy (non-hydrogen) atoms. The van der Waals surface area contributed by atoms with Gasteiger partial charge in [-0.15, -0.1) is 0 Å². The van der Waals surface area contributed by atoms with Gasteiger partial charge in [0.2, 0.25) is 15.9 Å². The first-order valence-corrected chi connectivity index (χ1v) is 10.9. The second kappa shape index (κ2) is 8.39. The minimum absolute atomic E-state index is 0.0757. The third-order valence-electron chi connectivity index (χ3n) is 5.47. The summed E-state index contributed by atoms with van der Waals surface area (Å²) in [5.41, 5.74) is 0. The Labute approximate surface area is 156 Å². The molecule has 0 unspecified atom stereocenters. The van der Waals surface area contributed by atoms with E-state index < -0.39 is 10.0 Å². The van der Waals surface area contributed by atoms with Crippen LogP contribution in [0.2, 0.25) is 0 Å². The lowest BCUT2D eigenvalue weighted by atomic mass is 9.88. The number of methoxy groups -OCH3 is 1. The highest BCUT2D eigenvalue weighted by molar-refractivity contribution is 7.89. The number of rotatable bonds is 5. The zero-order chi connectivity index (χ0) is 18.6. The van der Waals surface area contributed by atoms with Crippen LogP contribution in [-0.4, -0.2) is 44.9 Å². The number of sulfonamides is 1. The van der Waals surface area contributed by atoms with Gasteiger partial charge >= 0.3 is 0 Å². The van der Waals surface area contributed by atoms with E-state index in [1.807, 2.05) is 0 Å².